The standard InChI is InChI=1S/C17H23N3O3/c21-13-12-18-8-10-19(11-9-18)16(22)15-6-7-20(17(15)23)14-4-2-1-3-5-14/h1-5,15,21H,6-13H2. The molecule has 2 saturated heterocycles. The summed E-state index contributed by atoms with van der Waals surface area (Å²) in [5.41, 5.74) is 0.862. The molecule has 0 bridgehead atoms. The molecule has 124 valence electrons. The van der Waals surface area contributed by atoms with E-state index in [-0.39, 0.29) is 18.4 Å². The van der Waals surface area contributed by atoms with Crippen LogP contribution >= 0.6 is 0 Å². The zero-order chi connectivity index (χ0) is 16.2. The van der Waals surface area contributed by atoms with Crippen molar-refractivity contribution < 1.29 is 14.7 Å². The lowest BCUT2D eigenvalue weighted by molar-refractivity contribution is -0.141. The second-order valence-corrected chi connectivity index (χ2v) is 6.06. The molecule has 6 nitrogen and oxygen atoms in total. The summed E-state index contributed by atoms with van der Waals surface area (Å²) in [6.45, 7) is 4.17. The number of carbonyl (C=O) groups excluding carboxylic acids is 2. The molecule has 1 aromatic rings. The van der Waals surface area contributed by atoms with Crippen LogP contribution in [0.2, 0.25) is 0 Å². The number of aliphatic hydroxyl groups excluding tert-OH is 1. The number of hydrogen-bond donors (Lipinski definition) is 1. The van der Waals surface area contributed by atoms with Gasteiger partial charge in [-0.3, -0.25) is 14.5 Å². The molecule has 0 saturated carbocycles. The highest BCUT2D eigenvalue weighted by molar-refractivity contribution is 6.09. The van der Waals surface area contributed by atoms with Crippen molar-refractivity contribution in [1.82, 2.24) is 9.80 Å². The summed E-state index contributed by atoms with van der Waals surface area (Å²) in [7, 11) is 0. The molecule has 0 spiro atoms. The van der Waals surface area contributed by atoms with E-state index < -0.39 is 5.92 Å². The summed E-state index contributed by atoms with van der Waals surface area (Å²) in [4.78, 5) is 30.9. The van der Waals surface area contributed by atoms with E-state index in [2.05, 4.69) is 4.90 Å². The van der Waals surface area contributed by atoms with Crippen molar-refractivity contribution in [3.8, 4) is 0 Å². The van der Waals surface area contributed by atoms with Crippen molar-refractivity contribution in [2.45, 2.75) is 6.42 Å². The van der Waals surface area contributed by atoms with E-state index in [0.717, 1.165) is 18.8 Å². The number of aliphatic hydroxyl groups is 1. The Balaban J connectivity index is 1.60. The van der Waals surface area contributed by atoms with Gasteiger partial charge in [0.2, 0.25) is 11.8 Å². The lowest BCUT2D eigenvalue weighted by atomic mass is 10.1. The molecule has 6 heteroatoms. The fourth-order valence-corrected chi connectivity index (χ4v) is 3.33. The molecule has 2 aliphatic rings. The molecule has 2 heterocycles. The summed E-state index contributed by atoms with van der Waals surface area (Å²) >= 11 is 0. The summed E-state index contributed by atoms with van der Waals surface area (Å²) in [6.07, 6.45) is 0.587. The number of β-amino-alcohol motifs (C(OH)–C–C–N with tert-alkyl or cyclic N) is 1. The smallest absolute Gasteiger partial charge is 0.239 e. The van der Waals surface area contributed by atoms with Gasteiger partial charge in [0, 0.05) is 45.0 Å². The normalized spacial score (nSPS) is 22.7. The number of hydrogen-bond acceptors (Lipinski definition) is 4. The molecule has 0 radical (unpaired) electrons. The highest BCUT2D eigenvalue weighted by atomic mass is 16.3. The second kappa shape index (κ2) is 7.10. The maximum absolute atomic E-state index is 12.7. The maximum Gasteiger partial charge on any atom is 0.239 e. The van der Waals surface area contributed by atoms with E-state index in [1.54, 1.807) is 9.80 Å². The van der Waals surface area contributed by atoms with Crippen molar-refractivity contribution in [1.29, 1.82) is 0 Å². The van der Waals surface area contributed by atoms with Crippen LogP contribution in [0.1, 0.15) is 6.42 Å². The van der Waals surface area contributed by atoms with Gasteiger partial charge in [0.05, 0.1) is 6.61 Å². The van der Waals surface area contributed by atoms with Gasteiger partial charge in [-0.15, -0.1) is 0 Å². The summed E-state index contributed by atoms with van der Waals surface area (Å²) in [5.74, 6) is -0.671. The highest BCUT2D eigenvalue weighted by Crippen LogP contribution is 2.26. The van der Waals surface area contributed by atoms with Crippen LogP contribution in [0.5, 0.6) is 0 Å². The van der Waals surface area contributed by atoms with E-state index in [4.69, 9.17) is 5.11 Å². The Labute approximate surface area is 136 Å². The Hall–Kier alpha value is -1.92. The number of anilines is 1. The van der Waals surface area contributed by atoms with Crippen molar-refractivity contribution in [3.63, 3.8) is 0 Å². The van der Waals surface area contributed by atoms with Gasteiger partial charge in [0.15, 0.2) is 0 Å². The Morgan fingerprint density at radius 1 is 1.09 bits per heavy atom. The van der Waals surface area contributed by atoms with E-state index in [0.29, 0.717) is 32.6 Å². The average Bonchev–Trinajstić information content (AvgIpc) is 2.97. The summed E-state index contributed by atoms with van der Waals surface area (Å²) < 4.78 is 0. The van der Waals surface area contributed by atoms with Crippen LogP contribution in [0.3, 0.4) is 0 Å². The van der Waals surface area contributed by atoms with Crippen LogP contribution in [0.4, 0.5) is 5.69 Å². The molecule has 1 N–H and O–H groups in total. The monoisotopic (exact) mass is 317 g/mol. The maximum atomic E-state index is 12.7. The Morgan fingerprint density at radius 2 is 1.78 bits per heavy atom. The number of piperazine rings is 1. The fourth-order valence-electron chi connectivity index (χ4n) is 3.33. The molecule has 3 rings (SSSR count). The number of amides is 2. The number of rotatable bonds is 4. The number of carbonyl (C=O) groups is 2. The van der Waals surface area contributed by atoms with Gasteiger partial charge < -0.3 is 14.9 Å². The Kier molecular flexibility index (Phi) is 4.93. The molecule has 1 atom stereocenters. The lowest BCUT2D eigenvalue weighted by Gasteiger charge is -2.35. The zero-order valence-corrected chi connectivity index (χ0v) is 13.2. The van der Waals surface area contributed by atoms with Gasteiger partial charge in [-0.1, -0.05) is 18.2 Å². The first-order valence-electron chi connectivity index (χ1n) is 8.19. The van der Waals surface area contributed by atoms with Crippen LogP contribution < -0.4 is 4.90 Å². The van der Waals surface area contributed by atoms with Gasteiger partial charge in [-0.25, -0.2) is 0 Å². The molecule has 2 fully saturated rings. The molecule has 1 aromatic carbocycles. The molecular formula is C17H23N3O3. The third-order valence-corrected chi connectivity index (χ3v) is 4.67. The van der Waals surface area contributed by atoms with Gasteiger partial charge in [-0.05, 0) is 18.6 Å². The number of benzene rings is 1. The van der Waals surface area contributed by atoms with Gasteiger partial charge in [0.1, 0.15) is 5.92 Å². The molecule has 1 unspecified atom stereocenters. The van der Waals surface area contributed by atoms with E-state index in [1.807, 2.05) is 30.3 Å². The molecule has 0 aromatic heterocycles. The average molecular weight is 317 g/mol. The van der Waals surface area contributed by atoms with Crippen LogP contribution in [0.15, 0.2) is 30.3 Å². The second-order valence-electron chi connectivity index (χ2n) is 6.06. The first kappa shape index (κ1) is 16.0. The highest BCUT2D eigenvalue weighted by Gasteiger charge is 2.40. The Bertz CT molecular complexity index is 555. The van der Waals surface area contributed by atoms with Crippen LogP contribution in [0, 0.1) is 5.92 Å². The SMILES string of the molecule is O=C(C1CCN(c2ccccc2)C1=O)N1CCN(CCO)CC1. The first-order chi connectivity index (χ1) is 11.2. The minimum Gasteiger partial charge on any atom is -0.395 e. The van der Waals surface area contributed by atoms with E-state index >= 15 is 0 Å². The van der Waals surface area contributed by atoms with Gasteiger partial charge in [-0.2, -0.15) is 0 Å². The third-order valence-electron chi connectivity index (χ3n) is 4.67. The molecular weight excluding hydrogens is 294 g/mol. The largest absolute Gasteiger partial charge is 0.395 e. The van der Waals surface area contributed by atoms with Gasteiger partial charge >= 0.3 is 0 Å². The van der Waals surface area contributed by atoms with E-state index in [1.165, 1.54) is 0 Å². The van der Waals surface area contributed by atoms with Crippen LogP contribution in [-0.2, 0) is 9.59 Å². The fraction of sp³-hybridized carbons (Fsp3) is 0.529. The summed E-state index contributed by atoms with van der Waals surface area (Å²) in [6, 6.07) is 9.52. The molecule has 2 aliphatic heterocycles. The van der Waals surface area contributed by atoms with Gasteiger partial charge in [0.25, 0.3) is 0 Å². The van der Waals surface area contributed by atoms with Crippen molar-refractivity contribution in [2.75, 3.05) is 50.8 Å². The third kappa shape index (κ3) is 3.38. The number of nitrogens with zero attached hydrogens (tertiary/aromatic N) is 3. The predicted octanol–water partition coefficient (Wildman–Crippen LogP) is 0.176. The molecule has 0 aliphatic carbocycles. The minimum atomic E-state index is -0.542. The van der Waals surface area contributed by atoms with Crippen LogP contribution in [-0.4, -0.2) is 72.6 Å². The van der Waals surface area contributed by atoms with E-state index in [9.17, 15) is 9.59 Å². The predicted molar refractivity (Wildman–Crippen MR) is 87.0 cm³/mol. The molecule has 2 amide bonds. The van der Waals surface area contributed by atoms with Crippen LogP contribution in [0.25, 0.3) is 0 Å². The van der Waals surface area contributed by atoms with Crippen molar-refractivity contribution in [2.24, 2.45) is 5.92 Å². The lowest BCUT2D eigenvalue weighted by Crippen LogP contribution is -2.51. The quantitative estimate of drug-likeness (QED) is 0.805. The minimum absolute atomic E-state index is 0.0444. The van der Waals surface area contributed by atoms with Crippen molar-refractivity contribution in [3.05, 3.63) is 30.3 Å². The molecule has 23 heavy (non-hydrogen) atoms. The first-order valence-corrected chi connectivity index (χ1v) is 8.19. The number of para-hydroxylation sites is 1. The zero-order valence-electron chi connectivity index (χ0n) is 13.2. The van der Waals surface area contributed by atoms with Crippen molar-refractivity contribution >= 4 is 17.5 Å². The summed E-state index contributed by atoms with van der Waals surface area (Å²) in [5, 5.41) is 8.97. The topological polar surface area (TPSA) is 64.1 Å². The Morgan fingerprint density at radius 3 is 2.43 bits per heavy atom.